The molecule has 0 bridgehead atoms. The third kappa shape index (κ3) is 4.60. The van der Waals surface area contributed by atoms with Crippen molar-refractivity contribution < 1.29 is 9.59 Å². The fraction of sp³-hybridized carbons (Fsp3) is 0.400. The first-order chi connectivity index (χ1) is 14.3. The molecule has 0 radical (unpaired) electrons. The van der Waals surface area contributed by atoms with Crippen LogP contribution in [0.5, 0.6) is 0 Å². The average Bonchev–Trinajstić information content (AvgIpc) is 2.70. The lowest BCUT2D eigenvalue weighted by Gasteiger charge is -2.29. The van der Waals surface area contributed by atoms with Gasteiger partial charge in [0.15, 0.2) is 5.82 Å². The lowest BCUT2D eigenvalue weighted by molar-refractivity contribution is 0.0960. The summed E-state index contributed by atoms with van der Waals surface area (Å²) in [6.45, 7) is 1.81. The van der Waals surface area contributed by atoms with Gasteiger partial charge in [0.05, 0.1) is 0 Å². The maximum atomic E-state index is 12.5. The van der Waals surface area contributed by atoms with Crippen LogP contribution in [0.3, 0.4) is 0 Å². The Morgan fingerprint density at radius 1 is 1.23 bits per heavy atom. The molecule has 1 aromatic carbocycles. The molecule has 0 aliphatic heterocycles. The smallest absolute Gasteiger partial charge is 0.267 e. The van der Waals surface area contributed by atoms with Gasteiger partial charge in [-0.3, -0.25) is 19.4 Å². The molecule has 1 aliphatic carbocycles. The first-order valence-corrected chi connectivity index (χ1v) is 9.86. The summed E-state index contributed by atoms with van der Waals surface area (Å²) in [7, 11) is 1.54. The molecule has 160 valence electrons. The Kier molecular flexibility index (Phi) is 6.36. The highest BCUT2D eigenvalue weighted by atomic mass is 16.2. The maximum absolute atomic E-state index is 12.5. The van der Waals surface area contributed by atoms with Gasteiger partial charge < -0.3 is 27.4 Å². The van der Waals surface area contributed by atoms with Crippen LogP contribution in [-0.4, -0.2) is 40.9 Å². The van der Waals surface area contributed by atoms with Crippen molar-refractivity contribution in [2.75, 3.05) is 17.7 Å². The Hall–Kier alpha value is -3.40. The number of nitrogens with two attached hydrogens (primary N) is 2. The van der Waals surface area contributed by atoms with Gasteiger partial charge in [-0.15, -0.1) is 0 Å². The number of anilines is 3. The second-order valence-corrected chi connectivity index (χ2v) is 7.44. The number of benzene rings is 1. The molecule has 0 spiro atoms. The molecule has 2 atom stereocenters. The van der Waals surface area contributed by atoms with Crippen LogP contribution < -0.4 is 33.0 Å². The number of hydrogen-bond acceptors (Lipinski definition) is 7. The zero-order chi connectivity index (χ0) is 21.8. The molecule has 8 N–H and O–H groups in total. The Balaban J connectivity index is 1.96. The van der Waals surface area contributed by atoms with Crippen molar-refractivity contribution in [2.24, 2.45) is 11.5 Å². The second kappa shape index (κ2) is 8.95. The highest BCUT2D eigenvalue weighted by molar-refractivity contribution is 5.99. The first kappa shape index (κ1) is 21.3. The number of carbonyl (C=O) groups is 2. The van der Waals surface area contributed by atoms with E-state index in [0.717, 1.165) is 31.2 Å². The van der Waals surface area contributed by atoms with Crippen molar-refractivity contribution in [3.8, 4) is 0 Å². The van der Waals surface area contributed by atoms with E-state index in [-0.39, 0.29) is 35.3 Å². The van der Waals surface area contributed by atoms with E-state index < -0.39 is 11.5 Å². The Morgan fingerprint density at radius 2 is 1.97 bits per heavy atom. The monoisotopic (exact) mass is 413 g/mol. The lowest BCUT2D eigenvalue weighted by Crippen LogP contribution is -2.43. The Labute approximate surface area is 173 Å². The van der Waals surface area contributed by atoms with Crippen LogP contribution >= 0.6 is 0 Å². The number of H-pyrrole nitrogens is 1. The van der Waals surface area contributed by atoms with Gasteiger partial charge in [-0.1, -0.05) is 18.9 Å². The van der Waals surface area contributed by atoms with Crippen LogP contribution in [-0.2, 0) is 0 Å². The number of rotatable bonds is 6. The lowest BCUT2D eigenvalue weighted by atomic mass is 9.91. The molecule has 2 amide bonds. The molecule has 2 aromatic rings. The summed E-state index contributed by atoms with van der Waals surface area (Å²) in [5, 5.41) is 8.69. The van der Waals surface area contributed by atoms with Gasteiger partial charge in [-0.25, -0.2) is 0 Å². The Bertz CT molecular complexity index is 1020. The van der Waals surface area contributed by atoms with E-state index in [1.165, 1.54) is 0 Å². The summed E-state index contributed by atoms with van der Waals surface area (Å²) in [6.07, 6.45) is 3.85. The summed E-state index contributed by atoms with van der Waals surface area (Å²) >= 11 is 0. The summed E-state index contributed by atoms with van der Waals surface area (Å²) in [5.74, 6) is -0.956. The number of amides is 2. The summed E-state index contributed by atoms with van der Waals surface area (Å²) in [4.78, 5) is 43.4. The molecule has 0 unspecified atom stereocenters. The first-order valence-electron chi connectivity index (χ1n) is 9.86. The third-order valence-electron chi connectivity index (χ3n) is 5.28. The summed E-state index contributed by atoms with van der Waals surface area (Å²) < 4.78 is 0. The van der Waals surface area contributed by atoms with Crippen LogP contribution in [0.25, 0.3) is 0 Å². The van der Waals surface area contributed by atoms with E-state index in [1.807, 2.05) is 6.92 Å². The molecule has 10 heteroatoms. The number of nitrogens with one attached hydrogen (secondary N) is 4. The van der Waals surface area contributed by atoms with Gasteiger partial charge in [0.2, 0.25) is 5.95 Å². The van der Waals surface area contributed by atoms with Crippen molar-refractivity contribution >= 4 is 29.3 Å². The average molecular weight is 413 g/mol. The largest absolute Gasteiger partial charge is 0.365 e. The highest BCUT2D eigenvalue weighted by Crippen LogP contribution is 2.23. The van der Waals surface area contributed by atoms with Gasteiger partial charge in [0.25, 0.3) is 17.4 Å². The minimum absolute atomic E-state index is 0.00448. The second-order valence-electron chi connectivity index (χ2n) is 7.44. The summed E-state index contributed by atoms with van der Waals surface area (Å²) in [6, 6.07) is 5.01. The SMILES string of the molecule is CNC(=O)c1cc(Nc2nc(N[C@H]3CCCC[C@@H]3N)[nH]c(=O)c2C(N)=O)ccc1C. The van der Waals surface area contributed by atoms with Gasteiger partial charge in [-0.2, -0.15) is 4.98 Å². The quantitative estimate of drug-likeness (QED) is 0.410. The molecule has 1 aliphatic rings. The van der Waals surface area contributed by atoms with E-state index in [2.05, 4.69) is 25.9 Å². The Morgan fingerprint density at radius 3 is 2.63 bits per heavy atom. The van der Waals surface area contributed by atoms with Crippen molar-refractivity contribution in [1.82, 2.24) is 15.3 Å². The van der Waals surface area contributed by atoms with E-state index in [1.54, 1.807) is 25.2 Å². The molecule has 1 aromatic heterocycles. The van der Waals surface area contributed by atoms with Gasteiger partial charge >= 0.3 is 0 Å². The number of hydrogen-bond donors (Lipinski definition) is 6. The molecule has 1 heterocycles. The minimum atomic E-state index is -0.911. The number of aromatic nitrogens is 2. The summed E-state index contributed by atoms with van der Waals surface area (Å²) in [5.41, 5.74) is 12.3. The standard InChI is InChI=1S/C20H27N7O3/c1-10-7-8-11(9-12(10)18(29)23-2)24-17-15(16(22)28)19(30)27-20(26-17)25-14-6-4-3-5-13(14)21/h7-9,13-14H,3-6,21H2,1-2H3,(H2,22,28)(H,23,29)(H3,24,25,26,27,30)/t13-,14-/m0/s1. The molecule has 1 fully saturated rings. The predicted octanol–water partition coefficient (Wildman–Crippen LogP) is 0.962. The van der Waals surface area contributed by atoms with Crippen LogP contribution in [0.4, 0.5) is 17.5 Å². The minimum Gasteiger partial charge on any atom is -0.365 e. The molecular formula is C20H27N7O3. The topological polar surface area (TPSA) is 168 Å². The van der Waals surface area contributed by atoms with Crippen molar-refractivity contribution in [3.05, 3.63) is 45.2 Å². The van der Waals surface area contributed by atoms with Gasteiger partial charge in [0.1, 0.15) is 5.56 Å². The maximum Gasteiger partial charge on any atom is 0.267 e. The fourth-order valence-corrected chi connectivity index (χ4v) is 3.59. The zero-order valence-electron chi connectivity index (χ0n) is 17.0. The predicted molar refractivity (Wildman–Crippen MR) is 115 cm³/mol. The van der Waals surface area contributed by atoms with Crippen molar-refractivity contribution in [3.63, 3.8) is 0 Å². The van der Waals surface area contributed by atoms with Crippen molar-refractivity contribution in [2.45, 2.75) is 44.7 Å². The van der Waals surface area contributed by atoms with E-state index >= 15 is 0 Å². The van der Waals surface area contributed by atoms with Gasteiger partial charge in [-0.05, 0) is 37.5 Å². The molecule has 3 rings (SSSR count). The highest BCUT2D eigenvalue weighted by Gasteiger charge is 2.24. The fourth-order valence-electron chi connectivity index (χ4n) is 3.59. The van der Waals surface area contributed by atoms with E-state index in [0.29, 0.717) is 11.3 Å². The number of nitrogens with zero attached hydrogens (tertiary/aromatic N) is 1. The normalized spacial score (nSPS) is 18.5. The number of carbonyl (C=O) groups excluding carboxylic acids is 2. The van der Waals surface area contributed by atoms with Crippen molar-refractivity contribution in [1.29, 1.82) is 0 Å². The molecule has 30 heavy (non-hydrogen) atoms. The number of aromatic amines is 1. The number of aryl methyl sites for hydroxylation is 1. The van der Waals surface area contributed by atoms with Crippen LogP contribution in [0.1, 0.15) is 52.0 Å². The number of primary amides is 1. The van der Waals surface area contributed by atoms with Crippen LogP contribution in [0, 0.1) is 6.92 Å². The molecular weight excluding hydrogens is 386 g/mol. The van der Waals surface area contributed by atoms with E-state index in [4.69, 9.17) is 11.5 Å². The van der Waals surface area contributed by atoms with Crippen LogP contribution in [0.15, 0.2) is 23.0 Å². The van der Waals surface area contributed by atoms with E-state index in [9.17, 15) is 14.4 Å². The molecule has 10 nitrogen and oxygen atoms in total. The molecule has 0 saturated heterocycles. The third-order valence-corrected chi connectivity index (χ3v) is 5.28. The van der Waals surface area contributed by atoms with Gasteiger partial charge in [0, 0.05) is 30.4 Å². The molecule has 1 saturated carbocycles. The van der Waals surface area contributed by atoms with Crippen LogP contribution in [0.2, 0.25) is 0 Å². The zero-order valence-corrected chi connectivity index (χ0v) is 17.0.